The van der Waals surface area contributed by atoms with Gasteiger partial charge in [-0.05, 0) is 34.7 Å². The second-order valence-electron chi connectivity index (χ2n) is 8.06. The number of amides is 2. The van der Waals surface area contributed by atoms with Crippen LogP contribution in [0.3, 0.4) is 0 Å². The fraction of sp³-hybridized carbons (Fsp3) is 0.308. The lowest BCUT2D eigenvalue weighted by Crippen LogP contribution is -2.49. The van der Waals surface area contributed by atoms with Gasteiger partial charge in [0, 0.05) is 6.54 Å². The van der Waals surface area contributed by atoms with Crippen LogP contribution in [0.2, 0.25) is 0 Å². The normalized spacial score (nSPS) is 11.8. The lowest BCUT2D eigenvalue weighted by Gasteiger charge is -2.22. The number of furan rings is 1. The zero-order valence-corrected chi connectivity index (χ0v) is 18.5. The summed E-state index contributed by atoms with van der Waals surface area (Å²) in [4.78, 5) is 25.2. The van der Waals surface area contributed by atoms with E-state index in [0.29, 0.717) is 19.8 Å². The van der Waals surface area contributed by atoms with Crippen LogP contribution in [0.4, 0.5) is 0 Å². The molecule has 2 aromatic carbocycles. The number of hydrogen-bond acceptors (Lipinski definition) is 4. The van der Waals surface area contributed by atoms with E-state index in [0.717, 1.165) is 22.5 Å². The van der Waals surface area contributed by atoms with Crippen molar-refractivity contribution in [1.29, 1.82) is 0 Å². The molecule has 0 aliphatic heterocycles. The molecule has 6 nitrogen and oxygen atoms in total. The quantitative estimate of drug-likeness (QED) is 0.478. The third-order valence-electron chi connectivity index (χ3n) is 5.02. The standard InChI is InChI=1S/C26H30N2O4/c1-19(2)25(28-24(29)15-20-8-4-3-5-9-20)26(30)27-16-21-10-6-11-22(14-21)17-31-18-23-12-7-13-32-23/h3-14,19,25H,15-18H2,1-2H3,(H,27,30)(H,28,29). The topological polar surface area (TPSA) is 80.6 Å². The van der Waals surface area contributed by atoms with E-state index in [4.69, 9.17) is 9.15 Å². The highest BCUT2D eigenvalue weighted by molar-refractivity contribution is 5.88. The van der Waals surface area contributed by atoms with Crippen LogP contribution < -0.4 is 10.6 Å². The Morgan fingerprint density at radius 1 is 0.906 bits per heavy atom. The van der Waals surface area contributed by atoms with E-state index in [2.05, 4.69) is 10.6 Å². The van der Waals surface area contributed by atoms with Gasteiger partial charge in [0.25, 0.3) is 0 Å². The Balaban J connectivity index is 1.49. The fourth-order valence-electron chi connectivity index (χ4n) is 3.33. The molecule has 32 heavy (non-hydrogen) atoms. The molecule has 1 aromatic heterocycles. The van der Waals surface area contributed by atoms with E-state index in [-0.39, 0.29) is 24.2 Å². The molecule has 0 saturated heterocycles. The second-order valence-corrected chi connectivity index (χ2v) is 8.06. The van der Waals surface area contributed by atoms with Crippen molar-refractivity contribution < 1.29 is 18.7 Å². The number of rotatable bonds is 11. The molecule has 2 N–H and O–H groups in total. The second kappa shape index (κ2) is 11.9. The minimum Gasteiger partial charge on any atom is -0.467 e. The summed E-state index contributed by atoms with van der Waals surface area (Å²) >= 11 is 0. The summed E-state index contributed by atoms with van der Waals surface area (Å²) in [5, 5.41) is 5.82. The lowest BCUT2D eigenvalue weighted by molar-refractivity contribution is -0.129. The molecule has 0 aliphatic carbocycles. The first kappa shape index (κ1) is 23.3. The van der Waals surface area contributed by atoms with Gasteiger partial charge in [-0.25, -0.2) is 0 Å². The third-order valence-corrected chi connectivity index (χ3v) is 5.02. The molecule has 1 unspecified atom stereocenters. The van der Waals surface area contributed by atoms with Crippen molar-refractivity contribution in [2.24, 2.45) is 5.92 Å². The minimum atomic E-state index is -0.592. The van der Waals surface area contributed by atoms with Crippen LogP contribution in [0.5, 0.6) is 0 Å². The number of ether oxygens (including phenoxy) is 1. The minimum absolute atomic E-state index is 0.0314. The molecule has 0 spiro atoms. The average molecular weight is 435 g/mol. The maximum atomic E-state index is 12.8. The van der Waals surface area contributed by atoms with Gasteiger partial charge in [-0.1, -0.05) is 68.4 Å². The van der Waals surface area contributed by atoms with Crippen molar-refractivity contribution >= 4 is 11.8 Å². The van der Waals surface area contributed by atoms with Crippen LogP contribution in [0.1, 0.15) is 36.3 Å². The van der Waals surface area contributed by atoms with Gasteiger partial charge in [0.2, 0.25) is 11.8 Å². The SMILES string of the molecule is CC(C)C(NC(=O)Cc1ccccc1)C(=O)NCc1cccc(COCc2ccco2)c1. The van der Waals surface area contributed by atoms with Gasteiger partial charge >= 0.3 is 0 Å². The first-order valence-corrected chi connectivity index (χ1v) is 10.8. The molecule has 1 heterocycles. The molecule has 0 fully saturated rings. The van der Waals surface area contributed by atoms with Crippen molar-refractivity contribution in [2.75, 3.05) is 0 Å². The van der Waals surface area contributed by atoms with Crippen LogP contribution in [0.15, 0.2) is 77.4 Å². The van der Waals surface area contributed by atoms with Gasteiger partial charge in [0.05, 0.1) is 19.3 Å². The monoisotopic (exact) mass is 434 g/mol. The predicted molar refractivity (Wildman–Crippen MR) is 122 cm³/mol. The van der Waals surface area contributed by atoms with Crippen LogP contribution >= 0.6 is 0 Å². The highest BCUT2D eigenvalue weighted by Gasteiger charge is 2.24. The fourth-order valence-corrected chi connectivity index (χ4v) is 3.33. The number of carbonyl (C=O) groups is 2. The van der Waals surface area contributed by atoms with Crippen LogP contribution in [-0.2, 0) is 40.5 Å². The van der Waals surface area contributed by atoms with E-state index < -0.39 is 6.04 Å². The van der Waals surface area contributed by atoms with Crippen LogP contribution in [-0.4, -0.2) is 17.9 Å². The molecule has 0 saturated carbocycles. The molecular formula is C26H30N2O4. The van der Waals surface area contributed by atoms with E-state index in [1.807, 2.05) is 80.6 Å². The van der Waals surface area contributed by atoms with E-state index in [1.54, 1.807) is 6.26 Å². The molecule has 168 valence electrons. The smallest absolute Gasteiger partial charge is 0.243 e. The number of hydrogen-bond donors (Lipinski definition) is 2. The Kier molecular flexibility index (Phi) is 8.63. The largest absolute Gasteiger partial charge is 0.467 e. The maximum absolute atomic E-state index is 12.8. The Morgan fingerprint density at radius 2 is 1.66 bits per heavy atom. The number of carbonyl (C=O) groups excluding carboxylic acids is 2. The Hall–Kier alpha value is -3.38. The van der Waals surface area contributed by atoms with Crippen molar-refractivity contribution in [2.45, 2.75) is 46.1 Å². The molecule has 0 radical (unpaired) electrons. The van der Waals surface area contributed by atoms with E-state index in [9.17, 15) is 9.59 Å². The molecule has 0 bridgehead atoms. The van der Waals surface area contributed by atoms with Gasteiger partial charge in [-0.3, -0.25) is 9.59 Å². The summed E-state index contributed by atoms with van der Waals surface area (Å²) in [6, 6.07) is 20.5. The molecule has 6 heteroatoms. The predicted octanol–water partition coefficient (Wildman–Crippen LogP) is 4.00. The molecule has 1 atom stereocenters. The summed E-state index contributed by atoms with van der Waals surface area (Å²) in [5.41, 5.74) is 2.90. The Morgan fingerprint density at radius 3 is 2.38 bits per heavy atom. The first-order chi connectivity index (χ1) is 15.5. The summed E-state index contributed by atoms with van der Waals surface area (Å²) in [6.07, 6.45) is 1.87. The van der Waals surface area contributed by atoms with Gasteiger partial charge in [0.1, 0.15) is 18.4 Å². The van der Waals surface area contributed by atoms with Gasteiger partial charge in [0.15, 0.2) is 0 Å². The molecule has 0 aliphatic rings. The molecular weight excluding hydrogens is 404 g/mol. The van der Waals surface area contributed by atoms with Crippen molar-refractivity contribution in [3.63, 3.8) is 0 Å². The Bertz CT molecular complexity index is 984. The molecule has 3 aromatic rings. The van der Waals surface area contributed by atoms with E-state index >= 15 is 0 Å². The highest BCUT2D eigenvalue weighted by atomic mass is 16.5. The first-order valence-electron chi connectivity index (χ1n) is 10.8. The van der Waals surface area contributed by atoms with Crippen LogP contribution in [0, 0.1) is 5.92 Å². The van der Waals surface area contributed by atoms with Gasteiger partial charge in [-0.15, -0.1) is 0 Å². The Labute approximate surface area is 189 Å². The van der Waals surface area contributed by atoms with E-state index in [1.165, 1.54) is 0 Å². The number of benzene rings is 2. The van der Waals surface area contributed by atoms with Crippen molar-refractivity contribution in [1.82, 2.24) is 10.6 Å². The average Bonchev–Trinajstić information content (AvgIpc) is 3.30. The zero-order valence-electron chi connectivity index (χ0n) is 18.5. The summed E-state index contributed by atoms with van der Waals surface area (Å²) in [5.74, 6) is 0.389. The van der Waals surface area contributed by atoms with Crippen LogP contribution in [0.25, 0.3) is 0 Å². The third kappa shape index (κ3) is 7.39. The number of nitrogens with one attached hydrogen (secondary N) is 2. The van der Waals surface area contributed by atoms with Gasteiger partial charge < -0.3 is 19.8 Å². The molecule has 3 rings (SSSR count). The summed E-state index contributed by atoms with van der Waals surface area (Å²) < 4.78 is 10.9. The zero-order chi connectivity index (χ0) is 22.8. The summed E-state index contributed by atoms with van der Waals surface area (Å²) in [6.45, 7) is 5.08. The molecule has 2 amide bonds. The highest BCUT2D eigenvalue weighted by Crippen LogP contribution is 2.10. The van der Waals surface area contributed by atoms with Crippen molar-refractivity contribution in [3.8, 4) is 0 Å². The summed E-state index contributed by atoms with van der Waals surface area (Å²) in [7, 11) is 0. The maximum Gasteiger partial charge on any atom is 0.243 e. The lowest BCUT2D eigenvalue weighted by atomic mass is 10.0. The van der Waals surface area contributed by atoms with Crippen molar-refractivity contribution in [3.05, 3.63) is 95.4 Å². The van der Waals surface area contributed by atoms with Gasteiger partial charge in [-0.2, -0.15) is 0 Å².